The van der Waals surface area contributed by atoms with Crippen molar-refractivity contribution in [1.29, 1.82) is 0 Å². The summed E-state index contributed by atoms with van der Waals surface area (Å²) in [5.41, 5.74) is 6.97. The molecule has 0 bridgehead atoms. The summed E-state index contributed by atoms with van der Waals surface area (Å²) >= 11 is 1.88. The molecule has 3 aromatic rings. The van der Waals surface area contributed by atoms with Crippen LogP contribution in [0.25, 0.3) is 5.69 Å². The number of rotatable bonds is 30. The van der Waals surface area contributed by atoms with Crippen LogP contribution in [0.2, 0.25) is 0 Å². The van der Waals surface area contributed by atoms with Crippen LogP contribution >= 0.6 is 11.8 Å². The number of hydrogen-bond donors (Lipinski definition) is 5. The lowest BCUT2D eigenvalue weighted by atomic mass is 10.0. The fourth-order valence-corrected chi connectivity index (χ4v) is 8.20. The van der Waals surface area contributed by atoms with Gasteiger partial charge in [-0.15, -0.1) is 5.10 Å². The molecule has 61 heavy (non-hydrogen) atoms. The number of para-hydroxylation sites is 1. The summed E-state index contributed by atoms with van der Waals surface area (Å²) in [5.74, 6) is -2.65. The maximum Gasteiger partial charge on any atom is 0.315 e. The molecule has 5 rings (SSSR count). The van der Waals surface area contributed by atoms with E-state index >= 15 is 0 Å². The van der Waals surface area contributed by atoms with E-state index in [2.05, 4.69) is 31.6 Å². The minimum absolute atomic E-state index is 0.0109. The third-order valence-electron chi connectivity index (χ3n) is 9.85. The Balaban J connectivity index is 0.878. The summed E-state index contributed by atoms with van der Waals surface area (Å²) < 4.78 is 56.9. The number of amides is 4. The van der Waals surface area contributed by atoms with Crippen molar-refractivity contribution in [2.24, 2.45) is 5.73 Å². The lowest BCUT2D eigenvalue weighted by molar-refractivity contribution is -0.123. The van der Waals surface area contributed by atoms with Gasteiger partial charge >= 0.3 is 6.03 Å². The minimum Gasteiger partial charge on any atom is -0.480 e. The number of unbranched alkanes of at least 4 members (excludes halogenated alkanes) is 2. The number of urea groups is 1. The number of halogens is 2. The Kier molecular flexibility index (Phi) is 20.1. The summed E-state index contributed by atoms with van der Waals surface area (Å²) in [7, 11) is 0. The molecule has 2 aliphatic heterocycles. The average molecular weight is 875 g/mol. The van der Waals surface area contributed by atoms with Gasteiger partial charge in [-0.25, -0.2) is 18.3 Å². The Morgan fingerprint density at radius 3 is 2.39 bits per heavy atom. The van der Waals surface area contributed by atoms with E-state index in [0.717, 1.165) is 37.1 Å². The first-order valence-corrected chi connectivity index (χ1v) is 21.6. The number of nitrogens with two attached hydrogens (primary N) is 1. The van der Waals surface area contributed by atoms with Gasteiger partial charge in [0.15, 0.2) is 23.2 Å². The van der Waals surface area contributed by atoms with E-state index in [1.807, 2.05) is 11.8 Å². The van der Waals surface area contributed by atoms with Crippen LogP contribution in [0.1, 0.15) is 61.0 Å². The normalized spacial score (nSPS) is 17.4. The summed E-state index contributed by atoms with van der Waals surface area (Å²) in [6, 6.07) is 9.20. The molecule has 2 aromatic carbocycles. The van der Waals surface area contributed by atoms with Crippen LogP contribution in [0.3, 0.4) is 0 Å². The predicted octanol–water partition coefficient (Wildman–Crippen LogP) is 2.83. The van der Waals surface area contributed by atoms with E-state index in [4.69, 9.17) is 29.4 Å². The molecular formula is C41H56F2N8O9S. The molecule has 6 N–H and O–H groups in total. The molecule has 17 nitrogen and oxygen atoms in total. The third kappa shape index (κ3) is 15.9. The SMILES string of the molecule is NCCCC[C@H](NC(=O)c1cccc(-n2cc(COCCOCCOCCOCCNC(=O)CCCC[C@@H]3SC[C@@H]4NC(=O)N[C@@H]43)nn2)c1)C(=O)COc1c(F)cccc1F. The van der Waals surface area contributed by atoms with E-state index < -0.39 is 41.7 Å². The van der Waals surface area contributed by atoms with Gasteiger partial charge in [0.1, 0.15) is 12.3 Å². The lowest BCUT2D eigenvalue weighted by Crippen LogP contribution is -2.43. The van der Waals surface area contributed by atoms with Crippen molar-refractivity contribution in [3.05, 3.63) is 71.6 Å². The number of ether oxygens (including phenoxy) is 5. The van der Waals surface area contributed by atoms with Gasteiger partial charge in [-0.05, 0) is 69.0 Å². The van der Waals surface area contributed by atoms with Gasteiger partial charge in [0.2, 0.25) is 5.91 Å². The highest BCUT2D eigenvalue weighted by Gasteiger charge is 2.42. The van der Waals surface area contributed by atoms with Crippen molar-refractivity contribution >= 4 is 35.4 Å². The van der Waals surface area contributed by atoms with E-state index in [0.29, 0.717) is 95.2 Å². The molecule has 0 unspecified atom stereocenters. The molecule has 3 heterocycles. The predicted molar refractivity (Wildman–Crippen MR) is 221 cm³/mol. The van der Waals surface area contributed by atoms with Gasteiger partial charge in [-0.3, -0.25) is 14.4 Å². The largest absolute Gasteiger partial charge is 0.480 e. The highest BCUT2D eigenvalue weighted by molar-refractivity contribution is 8.00. The maximum atomic E-state index is 14.0. The number of thioether (sulfide) groups is 1. The molecule has 0 radical (unpaired) electrons. The molecule has 2 fully saturated rings. The van der Waals surface area contributed by atoms with Gasteiger partial charge in [-0.2, -0.15) is 11.8 Å². The van der Waals surface area contributed by atoms with Crippen LogP contribution in [-0.4, -0.2) is 134 Å². The summed E-state index contributed by atoms with van der Waals surface area (Å²) in [4.78, 5) is 49.9. The number of aromatic nitrogens is 3. The lowest BCUT2D eigenvalue weighted by Gasteiger charge is -2.18. The Labute approximate surface area is 357 Å². The molecule has 0 spiro atoms. The fraction of sp³-hybridized carbons (Fsp3) is 0.561. The van der Waals surface area contributed by atoms with Crippen LogP contribution in [0.5, 0.6) is 5.75 Å². The highest BCUT2D eigenvalue weighted by Crippen LogP contribution is 2.33. The molecule has 334 valence electrons. The third-order valence-corrected chi connectivity index (χ3v) is 11.4. The Morgan fingerprint density at radius 1 is 0.918 bits per heavy atom. The molecule has 0 aliphatic carbocycles. The molecule has 0 saturated carbocycles. The first-order chi connectivity index (χ1) is 29.7. The molecule has 1 aromatic heterocycles. The van der Waals surface area contributed by atoms with Gasteiger partial charge in [0, 0.05) is 29.5 Å². The van der Waals surface area contributed by atoms with Crippen molar-refractivity contribution in [2.75, 3.05) is 71.7 Å². The second-order valence-electron chi connectivity index (χ2n) is 14.4. The zero-order chi connectivity index (χ0) is 43.2. The Bertz CT molecular complexity index is 1840. The van der Waals surface area contributed by atoms with Crippen LogP contribution in [0, 0.1) is 11.6 Å². The van der Waals surface area contributed by atoms with Crippen molar-refractivity contribution in [1.82, 2.24) is 36.3 Å². The monoisotopic (exact) mass is 874 g/mol. The number of hydrogen-bond acceptors (Lipinski definition) is 13. The molecule has 4 amide bonds. The van der Waals surface area contributed by atoms with E-state index in [1.54, 1.807) is 30.5 Å². The van der Waals surface area contributed by atoms with Crippen molar-refractivity contribution < 1.29 is 51.6 Å². The zero-order valence-electron chi connectivity index (χ0n) is 34.1. The number of benzene rings is 2. The van der Waals surface area contributed by atoms with E-state index in [-0.39, 0.29) is 42.6 Å². The van der Waals surface area contributed by atoms with E-state index in [1.165, 1.54) is 10.7 Å². The molecule has 2 aliphatic rings. The van der Waals surface area contributed by atoms with Crippen molar-refractivity contribution in [3.8, 4) is 11.4 Å². The second-order valence-corrected chi connectivity index (χ2v) is 15.7. The average Bonchev–Trinajstić information content (AvgIpc) is 3.98. The number of nitrogens with one attached hydrogen (secondary N) is 4. The number of carbonyl (C=O) groups is 4. The fourth-order valence-electron chi connectivity index (χ4n) is 6.65. The van der Waals surface area contributed by atoms with Crippen LogP contribution < -0.4 is 31.7 Å². The maximum absolute atomic E-state index is 14.0. The van der Waals surface area contributed by atoms with E-state index in [9.17, 15) is 28.0 Å². The van der Waals surface area contributed by atoms with Gasteiger partial charge in [-0.1, -0.05) is 23.8 Å². The van der Waals surface area contributed by atoms with Gasteiger partial charge in [0.05, 0.1) is 82.9 Å². The molecule has 2 saturated heterocycles. The number of nitrogens with zero attached hydrogens (tertiary/aromatic N) is 3. The van der Waals surface area contributed by atoms with Crippen LogP contribution in [-0.2, 0) is 35.1 Å². The topological polar surface area (TPSA) is 219 Å². The molecular weight excluding hydrogens is 819 g/mol. The second kappa shape index (κ2) is 25.9. The smallest absolute Gasteiger partial charge is 0.315 e. The first kappa shape index (κ1) is 47.3. The summed E-state index contributed by atoms with van der Waals surface area (Å²) in [6.45, 7) is 3.05. The molecule has 4 atom stereocenters. The Hall–Kier alpha value is -4.73. The number of ketones is 1. The summed E-state index contributed by atoms with van der Waals surface area (Å²) in [6.07, 6.45) is 6.32. The van der Waals surface area contributed by atoms with Crippen molar-refractivity contribution in [2.45, 2.75) is 74.9 Å². The number of carbonyl (C=O) groups excluding carboxylic acids is 4. The van der Waals surface area contributed by atoms with Gasteiger partial charge in [0.25, 0.3) is 5.91 Å². The van der Waals surface area contributed by atoms with Gasteiger partial charge < -0.3 is 50.7 Å². The number of Topliss-reactive ketones (excluding diaryl/α,β-unsaturated/α-hetero) is 1. The Morgan fingerprint density at radius 2 is 1.64 bits per heavy atom. The molecule has 20 heteroatoms. The highest BCUT2D eigenvalue weighted by atomic mass is 32.2. The standard InChI is InChI=1S/C41H56F2N8O9S/c42-31-9-6-10-32(43)39(31)60-26-35(52)33(11-3-4-14-44)46-40(54)28-7-5-8-30(23-28)51-24-29(49-50-51)25-59-22-21-58-20-19-57-18-17-56-16-15-45-37(53)13-2-1-12-36-38-34(27-61-36)47-41(55)48-38/h5-10,23-24,33-34,36,38H,1-4,11-22,25-27,44H2,(H,45,53)(H,46,54)(H2,47,48,55)/t33-,34-,36-,38-/m0/s1. The number of fused-ring (bicyclic) bond motifs is 1. The van der Waals surface area contributed by atoms with Crippen molar-refractivity contribution in [3.63, 3.8) is 0 Å². The summed E-state index contributed by atoms with van der Waals surface area (Å²) in [5, 5.41) is 20.2. The zero-order valence-corrected chi connectivity index (χ0v) is 34.9. The van der Waals surface area contributed by atoms with Crippen LogP contribution in [0.15, 0.2) is 48.7 Å². The van der Waals surface area contributed by atoms with Crippen LogP contribution in [0.4, 0.5) is 13.6 Å². The quantitative estimate of drug-likeness (QED) is 0.0482. The first-order valence-electron chi connectivity index (χ1n) is 20.6. The minimum atomic E-state index is -0.970.